The summed E-state index contributed by atoms with van der Waals surface area (Å²) < 4.78 is 12.7. The topological polar surface area (TPSA) is 177 Å². The Morgan fingerprint density at radius 1 is 1.21 bits per heavy atom. The van der Waals surface area contributed by atoms with Crippen molar-refractivity contribution in [3.8, 4) is 5.75 Å². The fraction of sp³-hybridized carbons (Fsp3) is 0.500. The molecule has 0 spiro atoms. The van der Waals surface area contributed by atoms with Gasteiger partial charge in [0, 0.05) is 44.4 Å². The highest BCUT2D eigenvalue weighted by molar-refractivity contribution is 6.24. The number of fused-ring (bicyclic) bond motifs is 3. The number of aliphatic hydroxyl groups excluding tert-OH is 2. The molecule has 1 saturated carbocycles. The average Bonchev–Trinajstić information content (AvgIpc) is 2.80. The van der Waals surface area contributed by atoms with Crippen LogP contribution in [0.15, 0.2) is 23.0 Å². The van der Waals surface area contributed by atoms with Crippen molar-refractivity contribution in [3.63, 3.8) is 0 Å². The number of alkyl halides is 1. The Morgan fingerprint density at radius 2 is 1.87 bits per heavy atom. The first-order valence-corrected chi connectivity index (χ1v) is 12.2. The lowest BCUT2D eigenvalue weighted by Crippen LogP contribution is -2.65. The number of nitrogens with one attached hydrogen (secondary N) is 1. The van der Waals surface area contributed by atoms with Gasteiger partial charge in [0.05, 0.1) is 11.6 Å². The van der Waals surface area contributed by atoms with Gasteiger partial charge in [-0.25, -0.2) is 4.39 Å². The third kappa shape index (κ3) is 3.86. The number of rotatable bonds is 7. The molecule has 11 nitrogen and oxygen atoms in total. The molecule has 0 aliphatic heterocycles. The van der Waals surface area contributed by atoms with Crippen molar-refractivity contribution in [1.29, 1.82) is 0 Å². The molecule has 0 heterocycles. The number of hydrogen-bond acceptors (Lipinski definition) is 10. The number of Topliss-reactive ketones (excluding diaryl/α,β-unsaturated/α-hetero) is 2. The molecule has 4 rings (SSSR count). The van der Waals surface area contributed by atoms with Crippen LogP contribution in [-0.2, 0) is 27.3 Å². The molecule has 3 aliphatic carbocycles. The predicted octanol–water partition coefficient (Wildman–Crippen LogP) is 0.0891. The zero-order valence-electron chi connectivity index (χ0n) is 21.7. The third-order valence-corrected chi connectivity index (χ3v) is 7.81. The Morgan fingerprint density at radius 3 is 2.42 bits per heavy atom. The molecule has 206 valence electrons. The molecule has 38 heavy (non-hydrogen) atoms. The van der Waals surface area contributed by atoms with E-state index in [0.29, 0.717) is 16.8 Å². The van der Waals surface area contributed by atoms with Gasteiger partial charge in [0.1, 0.15) is 29.5 Å². The van der Waals surface area contributed by atoms with Crippen LogP contribution in [-0.4, -0.2) is 95.9 Å². The monoisotopic (exact) mass is 532 g/mol. The van der Waals surface area contributed by atoms with Crippen LogP contribution >= 0.6 is 0 Å². The van der Waals surface area contributed by atoms with Gasteiger partial charge in [-0.1, -0.05) is 0 Å². The van der Waals surface area contributed by atoms with E-state index in [1.54, 1.807) is 33.1 Å². The molecular formula is C26H33FN4O7. The number of carbonyl (C=O) groups is 3. The Bertz CT molecular complexity index is 1290. The van der Waals surface area contributed by atoms with Crippen molar-refractivity contribution < 1.29 is 39.2 Å². The van der Waals surface area contributed by atoms with E-state index in [4.69, 9.17) is 5.73 Å². The summed E-state index contributed by atoms with van der Waals surface area (Å²) in [7, 11) is 6.66. The fourth-order valence-corrected chi connectivity index (χ4v) is 6.35. The SMILES string of the molecule is CN(C)c1c(CNCCF)cc(O)c2c1C[C@H]1C[C@H]3[C@H](N(C)C)C(=O)C(C(N)=O)=C(O)[C@@]3(O)C(=O)C1=C2O. The van der Waals surface area contributed by atoms with Crippen LogP contribution < -0.4 is 16.0 Å². The van der Waals surface area contributed by atoms with Crippen molar-refractivity contribution in [1.82, 2.24) is 10.2 Å². The lowest BCUT2D eigenvalue weighted by molar-refractivity contribution is -0.153. The lowest BCUT2D eigenvalue weighted by atomic mass is 9.57. The molecule has 1 aromatic carbocycles. The maximum absolute atomic E-state index is 13.9. The minimum Gasteiger partial charge on any atom is -0.508 e. The number of aromatic hydroxyl groups is 1. The Kier molecular flexibility index (Phi) is 7.02. The molecule has 0 saturated heterocycles. The number of anilines is 1. The summed E-state index contributed by atoms with van der Waals surface area (Å²) in [5, 5.41) is 47.8. The Labute approximate surface area is 219 Å². The van der Waals surface area contributed by atoms with E-state index in [2.05, 4.69) is 5.32 Å². The van der Waals surface area contributed by atoms with Crippen molar-refractivity contribution in [2.75, 3.05) is 46.3 Å². The first-order valence-electron chi connectivity index (χ1n) is 12.2. The molecule has 0 unspecified atom stereocenters. The largest absolute Gasteiger partial charge is 0.508 e. The highest BCUT2D eigenvalue weighted by Gasteiger charge is 2.64. The van der Waals surface area contributed by atoms with Crippen molar-refractivity contribution in [2.45, 2.75) is 31.0 Å². The molecule has 0 aromatic heterocycles. The number of halogens is 1. The maximum Gasteiger partial charge on any atom is 0.255 e. The molecule has 1 aromatic rings. The van der Waals surface area contributed by atoms with Gasteiger partial charge in [-0.05, 0) is 50.0 Å². The van der Waals surface area contributed by atoms with Gasteiger partial charge in [-0.2, -0.15) is 0 Å². The summed E-state index contributed by atoms with van der Waals surface area (Å²) in [6.45, 7) is -0.213. The van der Waals surface area contributed by atoms with E-state index >= 15 is 0 Å². The lowest BCUT2D eigenvalue weighted by Gasteiger charge is -2.50. The first-order chi connectivity index (χ1) is 17.8. The molecule has 1 amide bonds. The second-order valence-electron chi connectivity index (χ2n) is 10.5. The molecule has 1 fully saturated rings. The van der Waals surface area contributed by atoms with Gasteiger partial charge in [0.15, 0.2) is 11.4 Å². The predicted molar refractivity (Wildman–Crippen MR) is 136 cm³/mol. The molecule has 4 atom stereocenters. The number of nitrogens with zero attached hydrogens (tertiary/aromatic N) is 2. The molecular weight excluding hydrogens is 499 g/mol. The summed E-state index contributed by atoms with van der Waals surface area (Å²) in [4.78, 5) is 42.4. The molecule has 3 aliphatic rings. The number of amides is 1. The highest BCUT2D eigenvalue weighted by Crippen LogP contribution is 2.54. The zero-order chi connectivity index (χ0) is 28.3. The molecule has 7 N–H and O–H groups in total. The third-order valence-electron chi connectivity index (χ3n) is 7.81. The first kappa shape index (κ1) is 27.6. The van der Waals surface area contributed by atoms with E-state index in [-0.39, 0.29) is 42.8 Å². The second kappa shape index (κ2) is 9.68. The highest BCUT2D eigenvalue weighted by atomic mass is 19.1. The number of aliphatic hydroxyl groups is 3. The van der Waals surface area contributed by atoms with Gasteiger partial charge < -0.3 is 36.4 Å². The van der Waals surface area contributed by atoms with Crippen molar-refractivity contribution >= 4 is 28.9 Å². The maximum atomic E-state index is 13.9. The quantitative estimate of drug-likeness (QED) is 0.208. The van der Waals surface area contributed by atoms with Gasteiger partial charge in [-0.3, -0.25) is 19.3 Å². The van der Waals surface area contributed by atoms with Crippen LogP contribution in [0.3, 0.4) is 0 Å². The van der Waals surface area contributed by atoms with Gasteiger partial charge in [-0.15, -0.1) is 0 Å². The van der Waals surface area contributed by atoms with Crippen LogP contribution in [0.1, 0.15) is 23.1 Å². The van der Waals surface area contributed by atoms with E-state index in [0.717, 1.165) is 0 Å². The smallest absolute Gasteiger partial charge is 0.255 e. The fourth-order valence-electron chi connectivity index (χ4n) is 6.35. The zero-order valence-corrected chi connectivity index (χ0v) is 21.7. The van der Waals surface area contributed by atoms with Crippen molar-refractivity contribution in [2.24, 2.45) is 17.6 Å². The number of nitrogens with two attached hydrogens (primary N) is 1. The standard InChI is InChI=1S/C26H33FN4O7/c1-30(2)19-12(10-29-6-5-27)9-15(32)17-13(19)7-11-8-14-20(31(3)4)22(34)18(25(28)37)24(36)26(14,38)23(35)16(11)21(17)33/h9,11,14,20,29,32-33,36,38H,5-8,10H2,1-4H3,(H2,28,37)/t11-,14-,20-,26-/m0/s1. The number of hydrogen-bond donors (Lipinski definition) is 6. The van der Waals surface area contributed by atoms with Crippen LogP contribution in [0.2, 0.25) is 0 Å². The average molecular weight is 533 g/mol. The van der Waals surface area contributed by atoms with E-state index in [1.807, 2.05) is 0 Å². The summed E-state index contributed by atoms with van der Waals surface area (Å²) in [5.41, 5.74) is 3.49. The molecule has 12 heteroatoms. The van der Waals surface area contributed by atoms with Crippen LogP contribution in [0.5, 0.6) is 5.75 Å². The molecule has 0 bridgehead atoms. The molecule has 0 radical (unpaired) electrons. The van der Waals surface area contributed by atoms with Crippen LogP contribution in [0.25, 0.3) is 5.76 Å². The summed E-state index contributed by atoms with van der Waals surface area (Å²) in [6.07, 6.45) is 0.177. The van der Waals surface area contributed by atoms with Gasteiger partial charge in [0.2, 0.25) is 5.78 Å². The van der Waals surface area contributed by atoms with Gasteiger partial charge in [0.25, 0.3) is 5.91 Å². The summed E-state index contributed by atoms with van der Waals surface area (Å²) in [6, 6.07) is 0.274. The number of primary amides is 1. The summed E-state index contributed by atoms with van der Waals surface area (Å²) >= 11 is 0. The van der Waals surface area contributed by atoms with Crippen LogP contribution in [0, 0.1) is 11.8 Å². The number of likely N-dealkylation sites (N-methyl/N-ethyl adjacent to an activating group) is 1. The van der Waals surface area contributed by atoms with Crippen LogP contribution in [0.4, 0.5) is 10.1 Å². The normalized spacial score (nSPS) is 26.9. The van der Waals surface area contributed by atoms with E-state index in [1.165, 1.54) is 11.0 Å². The minimum absolute atomic E-state index is 0.00369. The summed E-state index contributed by atoms with van der Waals surface area (Å²) in [5.74, 6) is -6.95. The number of phenols is 1. The number of carbonyl (C=O) groups excluding carboxylic acids is 3. The number of benzene rings is 1. The van der Waals surface area contributed by atoms with E-state index in [9.17, 15) is 39.2 Å². The minimum atomic E-state index is -2.68. The second-order valence-corrected chi connectivity index (χ2v) is 10.5. The Balaban J connectivity index is 1.94. The van der Waals surface area contributed by atoms with Crippen molar-refractivity contribution in [3.05, 3.63) is 39.7 Å². The van der Waals surface area contributed by atoms with Gasteiger partial charge >= 0.3 is 0 Å². The van der Waals surface area contributed by atoms with E-state index < -0.39 is 64.7 Å². The number of phenolic OH excluding ortho intramolecular Hbond substituents is 1. The number of ketones is 2. The Hall–Kier alpha value is -3.48.